The molecular weight excluding hydrogens is 352 g/mol. The number of hydrogen-bond acceptors (Lipinski definition) is 7. The summed E-state index contributed by atoms with van der Waals surface area (Å²) in [6.45, 7) is -3.14. The van der Waals surface area contributed by atoms with Crippen molar-refractivity contribution in [1.29, 1.82) is 0 Å². The Balaban J connectivity index is 1.85. The first-order valence-electron chi connectivity index (χ1n) is 7.67. The van der Waals surface area contributed by atoms with E-state index >= 15 is 0 Å². The first-order valence-corrected chi connectivity index (χ1v) is 10.3. The fourth-order valence-corrected chi connectivity index (χ4v) is 4.28. The van der Waals surface area contributed by atoms with Gasteiger partial charge in [-0.25, -0.2) is 0 Å². The molecule has 0 bridgehead atoms. The molecule has 0 aliphatic carbocycles. The second-order valence-electron chi connectivity index (χ2n) is 5.73. The molecule has 1 N–H and O–H groups in total. The molecule has 12 heteroatoms. The van der Waals surface area contributed by atoms with Crippen molar-refractivity contribution in [3.05, 3.63) is 0 Å². The average molecular weight is 373 g/mol. The van der Waals surface area contributed by atoms with Gasteiger partial charge in [0, 0.05) is 34.0 Å². The van der Waals surface area contributed by atoms with Crippen LogP contribution in [0.15, 0.2) is 0 Å². The highest BCUT2D eigenvalue weighted by atomic mass is 32.5. The van der Waals surface area contributed by atoms with Gasteiger partial charge in [0.1, 0.15) is 20.1 Å². The Morgan fingerprint density at radius 1 is 1.21 bits per heavy atom. The molecule has 0 spiro atoms. The fraction of sp³-hybridized carbons (Fsp3) is 1.00. The van der Waals surface area contributed by atoms with Crippen molar-refractivity contribution in [2.45, 2.75) is 49.3 Å². The van der Waals surface area contributed by atoms with E-state index in [4.69, 9.17) is 55.4 Å². The molecule has 131 valence electrons. The minimum atomic E-state index is -3.48. The maximum Gasteiger partial charge on any atom is 0.324 e. The Labute approximate surface area is 151 Å². The molecule has 2 rings (SSSR count). The molecule has 1 unspecified atom stereocenters. The van der Waals surface area contributed by atoms with Gasteiger partial charge in [-0.1, -0.05) is 0 Å². The lowest BCUT2D eigenvalue weighted by Gasteiger charge is -2.25. The minimum Gasteiger partial charge on any atom is -0.382 e. The third-order valence-corrected chi connectivity index (χ3v) is 5.56. The van der Waals surface area contributed by atoms with Gasteiger partial charge in [0.25, 0.3) is 0 Å². The summed E-state index contributed by atoms with van der Waals surface area (Å²) in [7, 11) is 15.8. The Morgan fingerprint density at radius 3 is 2.54 bits per heavy atom. The Bertz CT molecular complexity index is 449. The molecule has 2 saturated heterocycles. The minimum absolute atomic E-state index is 0.0468. The Hall–Kier alpha value is 0.565. The third-order valence-electron chi connectivity index (χ3n) is 3.98. The SMILES string of the molecule is [B][B][C@H]1C[C@@H](OC)[C@@H](COP(O)(=S)O[C@@H]2C[C@H]([B])O[C@@H]2COC)O1. The summed E-state index contributed by atoms with van der Waals surface area (Å²) >= 11 is 5.08. The second-order valence-corrected chi connectivity index (χ2v) is 8.52. The van der Waals surface area contributed by atoms with Gasteiger partial charge in [-0.05, 0) is 24.6 Å². The van der Waals surface area contributed by atoms with E-state index in [1.54, 1.807) is 14.2 Å². The van der Waals surface area contributed by atoms with E-state index in [1.165, 1.54) is 7.17 Å². The van der Waals surface area contributed by atoms with Gasteiger partial charge >= 0.3 is 6.72 Å². The molecule has 0 amide bonds. The van der Waals surface area contributed by atoms with Crippen LogP contribution < -0.4 is 0 Å². The van der Waals surface area contributed by atoms with Crippen LogP contribution in [0.25, 0.3) is 0 Å². The standard InChI is InChI=1S/C12H21B3O7PS/c1-17-5-9-8(3-11(13)20-9)22-23(16,24)19-6-10-7(18-2)4-12(15-14)21-10/h7-12H,3-6H2,1-2H3,(H,16,24)/t7-,8-,9-,10-,11-,12-,23?/m1/s1. The Morgan fingerprint density at radius 2 is 1.92 bits per heavy atom. The number of ether oxygens (including phenoxy) is 4. The lowest BCUT2D eigenvalue weighted by molar-refractivity contribution is -0.0302. The molecule has 2 heterocycles. The highest BCUT2D eigenvalue weighted by Gasteiger charge is 2.39. The van der Waals surface area contributed by atoms with Crippen LogP contribution in [0.1, 0.15) is 12.8 Å². The van der Waals surface area contributed by atoms with Gasteiger partial charge in [0.15, 0.2) is 0 Å². The van der Waals surface area contributed by atoms with Gasteiger partial charge in [0.2, 0.25) is 0 Å². The van der Waals surface area contributed by atoms with Crippen LogP contribution in [-0.2, 0) is 39.8 Å². The summed E-state index contributed by atoms with van der Waals surface area (Å²) in [5, 5.41) is 0. The topological polar surface area (TPSA) is 75.6 Å². The normalized spacial score (nSPS) is 39.0. The van der Waals surface area contributed by atoms with Crippen LogP contribution >= 0.6 is 6.72 Å². The molecule has 0 aromatic carbocycles. The van der Waals surface area contributed by atoms with Crippen molar-refractivity contribution in [1.82, 2.24) is 0 Å². The smallest absolute Gasteiger partial charge is 0.324 e. The molecule has 7 nitrogen and oxygen atoms in total. The van der Waals surface area contributed by atoms with E-state index in [-0.39, 0.29) is 24.8 Å². The molecule has 2 aliphatic heterocycles. The lowest BCUT2D eigenvalue weighted by atomic mass is 9.51. The van der Waals surface area contributed by atoms with Crippen LogP contribution in [0.2, 0.25) is 0 Å². The first-order chi connectivity index (χ1) is 11.4. The van der Waals surface area contributed by atoms with Crippen LogP contribution in [0, 0.1) is 0 Å². The zero-order valence-electron chi connectivity index (χ0n) is 13.8. The van der Waals surface area contributed by atoms with Crippen LogP contribution in [0.4, 0.5) is 0 Å². The summed E-state index contributed by atoms with van der Waals surface area (Å²) in [6.07, 6.45) is -0.417. The largest absolute Gasteiger partial charge is 0.382 e. The van der Waals surface area contributed by atoms with E-state index in [0.717, 1.165) is 0 Å². The predicted octanol–water partition coefficient (Wildman–Crippen LogP) is -0.547. The molecule has 2 aliphatic rings. The lowest BCUT2D eigenvalue weighted by Crippen LogP contribution is -2.30. The van der Waals surface area contributed by atoms with Crippen molar-refractivity contribution in [2.24, 2.45) is 0 Å². The molecule has 0 aromatic heterocycles. The first kappa shape index (κ1) is 20.9. The molecule has 0 saturated carbocycles. The van der Waals surface area contributed by atoms with Crippen molar-refractivity contribution < 1.29 is 32.9 Å². The summed E-state index contributed by atoms with van der Waals surface area (Å²) in [5.41, 5.74) is 0. The van der Waals surface area contributed by atoms with Crippen LogP contribution in [0.5, 0.6) is 0 Å². The monoisotopic (exact) mass is 373 g/mol. The quantitative estimate of drug-likeness (QED) is 0.427. The summed E-state index contributed by atoms with van der Waals surface area (Å²) in [5.74, 6) is 0. The molecule has 2 fully saturated rings. The molecular formula is C12H21B3O7PS. The van der Waals surface area contributed by atoms with E-state index in [2.05, 4.69) is 0 Å². The third kappa shape index (κ3) is 5.79. The molecule has 7 atom stereocenters. The van der Waals surface area contributed by atoms with Gasteiger partial charge < -0.3 is 32.9 Å². The molecule has 0 aromatic rings. The number of rotatable bonds is 9. The highest BCUT2D eigenvalue weighted by molar-refractivity contribution is 8.07. The van der Waals surface area contributed by atoms with E-state index in [0.29, 0.717) is 19.4 Å². The van der Waals surface area contributed by atoms with E-state index < -0.39 is 24.9 Å². The van der Waals surface area contributed by atoms with Crippen LogP contribution in [0.3, 0.4) is 0 Å². The highest BCUT2D eigenvalue weighted by Crippen LogP contribution is 2.48. The van der Waals surface area contributed by atoms with Gasteiger partial charge in [0.05, 0.1) is 32.6 Å². The maximum atomic E-state index is 10.3. The average Bonchev–Trinajstić information content (AvgIpc) is 3.08. The van der Waals surface area contributed by atoms with Gasteiger partial charge in [-0.2, -0.15) is 0 Å². The van der Waals surface area contributed by atoms with Gasteiger partial charge in [-0.15, -0.1) is 0 Å². The van der Waals surface area contributed by atoms with Crippen molar-refractivity contribution in [3.8, 4) is 0 Å². The van der Waals surface area contributed by atoms with Crippen molar-refractivity contribution in [3.63, 3.8) is 0 Å². The zero-order valence-corrected chi connectivity index (χ0v) is 15.5. The summed E-state index contributed by atoms with van der Waals surface area (Å²) in [6, 6.07) is -0.699. The van der Waals surface area contributed by atoms with E-state index in [9.17, 15) is 4.89 Å². The van der Waals surface area contributed by atoms with Gasteiger partial charge in [-0.3, -0.25) is 0 Å². The van der Waals surface area contributed by atoms with Crippen molar-refractivity contribution >= 4 is 41.3 Å². The summed E-state index contributed by atoms with van der Waals surface area (Å²) in [4.78, 5) is 10.3. The van der Waals surface area contributed by atoms with Crippen molar-refractivity contribution in [2.75, 3.05) is 27.4 Å². The maximum absolute atomic E-state index is 10.3. The number of methoxy groups -OCH3 is 2. The second kappa shape index (κ2) is 9.49. The number of hydrogen-bond donors (Lipinski definition) is 1. The molecule has 5 radical (unpaired) electrons. The van der Waals surface area contributed by atoms with E-state index in [1.807, 2.05) is 0 Å². The predicted molar refractivity (Wildman–Crippen MR) is 93.8 cm³/mol. The molecule has 24 heavy (non-hydrogen) atoms. The van der Waals surface area contributed by atoms with Crippen LogP contribution in [-0.4, -0.2) is 91.5 Å². The fourth-order valence-electron chi connectivity index (χ4n) is 2.81. The Kier molecular flexibility index (Phi) is 8.25. The zero-order chi connectivity index (χ0) is 17.7. The summed E-state index contributed by atoms with van der Waals surface area (Å²) < 4.78 is 32.5.